The van der Waals surface area contributed by atoms with Crippen molar-refractivity contribution in [2.24, 2.45) is 0 Å². The number of carbonyl (C=O) groups is 2. The lowest BCUT2D eigenvalue weighted by Crippen LogP contribution is -2.11. The molecular formula is C14H10O7. The van der Waals surface area contributed by atoms with Crippen LogP contribution in [0.25, 0.3) is 0 Å². The van der Waals surface area contributed by atoms with Crippen LogP contribution in [0.5, 0.6) is 23.0 Å². The average molecular weight is 290 g/mol. The minimum absolute atomic E-state index is 0.252. The lowest BCUT2D eigenvalue weighted by molar-refractivity contribution is 0.0678. The van der Waals surface area contributed by atoms with Crippen molar-refractivity contribution in [1.82, 2.24) is 0 Å². The number of ether oxygens (including phenoxy) is 1. The highest BCUT2D eigenvalue weighted by Gasteiger charge is 2.21. The van der Waals surface area contributed by atoms with Gasteiger partial charge in [-0.3, -0.25) is 0 Å². The quantitative estimate of drug-likeness (QED) is 0.501. The van der Waals surface area contributed by atoms with Crippen LogP contribution < -0.4 is 4.74 Å². The number of aromatic carboxylic acids is 1. The average Bonchev–Trinajstić information content (AvgIpc) is 2.40. The first-order valence-corrected chi connectivity index (χ1v) is 5.69. The number of phenolic OH excluding ortho intramolecular Hbond substituents is 3. The number of hydrogen-bond acceptors (Lipinski definition) is 6. The maximum atomic E-state index is 11.9. The van der Waals surface area contributed by atoms with E-state index in [9.17, 15) is 19.8 Å². The largest absolute Gasteiger partial charge is 0.508 e. The highest BCUT2D eigenvalue weighted by Crippen LogP contribution is 2.32. The fraction of sp³-hybridized carbons (Fsp3) is 0. The number of phenols is 3. The molecule has 7 nitrogen and oxygen atoms in total. The summed E-state index contributed by atoms with van der Waals surface area (Å²) in [6.07, 6.45) is 0. The van der Waals surface area contributed by atoms with Gasteiger partial charge in [-0.05, 0) is 24.3 Å². The predicted octanol–water partition coefficient (Wildman–Crippen LogP) is 1.72. The van der Waals surface area contributed by atoms with Crippen molar-refractivity contribution in [3.05, 3.63) is 47.5 Å². The van der Waals surface area contributed by atoms with E-state index in [1.165, 1.54) is 6.07 Å². The lowest BCUT2D eigenvalue weighted by atomic mass is 10.1. The maximum Gasteiger partial charge on any atom is 0.347 e. The SMILES string of the molecule is O=C(Oc1c(O)cccc1C(=O)O)c1ccc(O)cc1O. The molecule has 0 saturated carbocycles. The topological polar surface area (TPSA) is 124 Å². The zero-order chi connectivity index (χ0) is 15.6. The van der Waals surface area contributed by atoms with Crippen LogP contribution in [0.15, 0.2) is 36.4 Å². The summed E-state index contributed by atoms with van der Waals surface area (Å²) < 4.78 is 4.83. The zero-order valence-electron chi connectivity index (χ0n) is 10.5. The second kappa shape index (κ2) is 5.41. The number of benzene rings is 2. The Morgan fingerprint density at radius 3 is 2.24 bits per heavy atom. The number of rotatable bonds is 3. The number of aromatic hydroxyl groups is 3. The molecule has 108 valence electrons. The normalized spacial score (nSPS) is 10.1. The molecule has 7 heteroatoms. The van der Waals surface area contributed by atoms with Crippen molar-refractivity contribution in [3.63, 3.8) is 0 Å². The Kier molecular flexibility index (Phi) is 3.66. The molecule has 0 atom stereocenters. The smallest absolute Gasteiger partial charge is 0.347 e. The predicted molar refractivity (Wildman–Crippen MR) is 69.8 cm³/mol. The van der Waals surface area contributed by atoms with Crippen molar-refractivity contribution < 1.29 is 34.8 Å². The minimum atomic E-state index is -1.39. The molecule has 0 radical (unpaired) electrons. The number of para-hydroxylation sites is 1. The summed E-state index contributed by atoms with van der Waals surface area (Å²) in [5, 5.41) is 37.3. The van der Waals surface area contributed by atoms with Crippen molar-refractivity contribution >= 4 is 11.9 Å². The summed E-state index contributed by atoms with van der Waals surface area (Å²) in [5.74, 6) is -4.30. The summed E-state index contributed by atoms with van der Waals surface area (Å²) in [6, 6.07) is 6.79. The minimum Gasteiger partial charge on any atom is -0.508 e. The van der Waals surface area contributed by atoms with Gasteiger partial charge in [0.25, 0.3) is 0 Å². The van der Waals surface area contributed by atoms with Gasteiger partial charge in [-0.1, -0.05) is 6.07 Å². The van der Waals surface area contributed by atoms with Gasteiger partial charge in [-0.25, -0.2) is 9.59 Å². The molecular weight excluding hydrogens is 280 g/mol. The van der Waals surface area contributed by atoms with Gasteiger partial charge in [0, 0.05) is 6.07 Å². The summed E-state index contributed by atoms with van der Waals surface area (Å²) in [5.41, 5.74) is -0.686. The third-order valence-electron chi connectivity index (χ3n) is 2.62. The fourth-order valence-corrected chi connectivity index (χ4v) is 1.64. The molecule has 0 amide bonds. The number of carboxylic acid groups (broad SMARTS) is 1. The molecule has 0 bridgehead atoms. The molecule has 0 aliphatic carbocycles. The first-order valence-electron chi connectivity index (χ1n) is 5.69. The molecule has 21 heavy (non-hydrogen) atoms. The van der Waals surface area contributed by atoms with Gasteiger partial charge in [0.15, 0.2) is 11.5 Å². The number of esters is 1. The summed E-state index contributed by atoms with van der Waals surface area (Å²) in [7, 11) is 0. The molecule has 0 saturated heterocycles. The second-order valence-electron chi connectivity index (χ2n) is 4.05. The van der Waals surface area contributed by atoms with Crippen molar-refractivity contribution in [2.75, 3.05) is 0 Å². The Bertz CT molecular complexity index is 721. The van der Waals surface area contributed by atoms with Crippen molar-refractivity contribution in [2.45, 2.75) is 0 Å². The van der Waals surface area contributed by atoms with E-state index in [1.54, 1.807) is 0 Å². The summed E-state index contributed by atoms with van der Waals surface area (Å²) in [4.78, 5) is 22.9. The fourth-order valence-electron chi connectivity index (χ4n) is 1.64. The van der Waals surface area contributed by atoms with Gasteiger partial charge in [0.2, 0.25) is 0 Å². The van der Waals surface area contributed by atoms with Crippen LogP contribution in [0.3, 0.4) is 0 Å². The molecule has 0 fully saturated rings. The van der Waals surface area contributed by atoms with E-state index in [2.05, 4.69) is 0 Å². The third kappa shape index (κ3) is 2.86. The number of carbonyl (C=O) groups excluding carboxylic acids is 1. The Morgan fingerprint density at radius 1 is 0.905 bits per heavy atom. The highest BCUT2D eigenvalue weighted by atomic mass is 16.5. The van der Waals surface area contributed by atoms with Crippen LogP contribution in [0.4, 0.5) is 0 Å². The van der Waals surface area contributed by atoms with E-state index in [0.29, 0.717) is 0 Å². The molecule has 0 aliphatic rings. The third-order valence-corrected chi connectivity index (χ3v) is 2.62. The first kappa shape index (κ1) is 14.2. The lowest BCUT2D eigenvalue weighted by Gasteiger charge is -2.10. The van der Waals surface area contributed by atoms with Crippen LogP contribution in [0.1, 0.15) is 20.7 Å². The van der Waals surface area contributed by atoms with Crippen LogP contribution in [-0.4, -0.2) is 32.4 Å². The van der Waals surface area contributed by atoms with Gasteiger partial charge in [0.1, 0.15) is 22.6 Å². The van der Waals surface area contributed by atoms with Gasteiger partial charge in [-0.15, -0.1) is 0 Å². The molecule has 0 unspecified atom stereocenters. The van der Waals surface area contributed by atoms with Crippen LogP contribution in [-0.2, 0) is 0 Å². The van der Waals surface area contributed by atoms with Crippen molar-refractivity contribution in [1.29, 1.82) is 0 Å². The van der Waals surface area contributed by atoms with E-state index in [4.69, 9.17) is 14.9 Å². The molecule has 2 aromatic carbocycles. The van der Waals surface area contributed by atoms with E-state index >= 15 is 0 Å². The highest BCUT2D eigenvalue weighted by molar-refractivity contribution is 5.97. The molecule has 0 aromatic heterocycles. The molecule has 0 aliphatic heterocycles. The van der Waals surface area contributed by atoms with Crippen LogP contribution in [0.2, 0.25) is 0 Å². The maximum absolute atomic E-state index is 11.9. The summed E-state index contributed by atoms with van der Waals surface area (Å²) >= 11 is 0. The molecule has 2 aromatic rings. The molecule has 0 heterocycles. The van der Waals surface area contributed by atoms with Gasteiger partial charge >= 0.3 is 11.9 Å². The second-order valence-corrected chi connectivity index (χ2v) is 4.05. The van der Waals surface area contributed by atoms with E-state index < -0.39 is 34.8 Å². The van der Waals surface area contributed by atoms with Gasteiger partial charge in [0.05, 0.1) is 0 Å². The van der Waals surface area contributed by atoms with Gasteiger partial charge < -0.3 is 25.2 Å². The molecule has 4 N–H and O–H groups in total. The Balaban J connectivity index is 2.38. The number of carboxylic acids is 1. The van der Waals surface area contributed by atoms with Crippen LogP contribution in [0, 0.1) is 0 Å². The van der Waals surface area contributed by atoms with Crippen molar-refractivity contribution in [3.8, 4) is 23.0 Å². The molecule has 0 spiro atoms. The standard InChI is InChI=1S/C14H10O7/c15-7-4-5-8(11(17)6-7)14(20)21-12-9(13(18)19)2-1-3-10(12)16/h1-6,15-17H,(H,18,19). The Morgan fingerprint density at radius 2 is 1.62 bits per heavy atom. The number of hydrogen-bond donors (Lipinski definition) is 4. The zero-order valence-corrected chi connectivity index (χ0v) is 10.5. The Labute approximate surface area is 118 Å². The van der Waals surface area contributed by atoms with E-state index in [-0.39, 0.29) is 11.3 Å². The van der Waals surface area contributed by atoms with Crippen LogP contribution >= 0.6 is 0 Å². The Hall–Kier alpha value is -3.22. The monoisotopic (exact) mass is 290 g/mol. The van der Waals surface area contributed by atoms with Gasteiger partial charge in [-0.2, -0.15) is 0 Å². The summed E-state index contributed by atoms with van der Waals surface area (Å²) in [6.45, 7) is 0. The first-order chi connectivity index (χ1) is 9.90. The van der Waals surface area contributed by atoms with E-state index in [0.717, 1.165) is 30.3 Å². The molecule has 2 rings (SSSR count). The van der Waals surface area contributed by atoms with E-state index in [1.807, 2.05) is 0 Å².